The van der Waals surface area contributed by atoms with Gasteiger partial charge in [0.05, 0.1) is 23.5 Å². The highest BCUT2D eigenvalue weighted by Gasteiger charge is 2.29. The van der Waals surface area contributed by atoms with Crippen LogP contribution in [0.15, 0.2) is 9.57 Å². The highest BCUT2D eigenvalue weighted by atomic mass is 32.2. The van der Waals surface area contributed by atoms with Gasteiger partial charge in [-0.1, -0.05) is 11.8 Å². The van der Waals surface area contributed by atoms with Crippen molar-refractivity contribution < 1.29 is 23.5 Å². The Labute approximate surface area is 166 Å². The number of carbonyl (C=O) groups excluding carboxylic acids is 3. The third-order valence-corrected chi connectivity index (χ3v) is 4.50. The minimum atomic E-state index is -0.732. The van der Waals surface area contributed by atoms with Crippen LogP contribution in [0.1, 0.15) is 61.1 Å². The highest BCUT2D eigenvalue weighted by Crippen LogP contribution is 2.29. The number of tetrazole rings is 1. The molecule has 10 nitrogen and oxygen atoms in total. The van der Waals surface area contributed by atoms with E-state index in [1.54, 1.807) is 18.5 Å². The maximum atomic E-state index is 12.4. The van der Waals surface area contributed by atoms with Crippen molar-refractivity contribution in [3.8, 4) is 0 Å². The van der Waals surface area contributed by atoms with Gasteiger partial charge in [0.25, 0.3) is 0 Å². The first-order valence-corrected chi connectivity index (χ1v) is 9.57. The van der Waals surface area contributed by atoms with E-state index in [0.717, 1.165) is 11.8 Å². The monoisotopic (exact) mass is 409 g/mol. The normalized spacial score (nSPS) is 11.4. The van der Waals surface area contributed by atoms with E-state index in [1.165, 1.54) is 6.92 Å². The van der Waals surface area contributed by atoms with Crippen molar-refractivity contribution >= 4 is 35.3 Å². The number of amides is 1. The van der Waals surface area contributed by atoms with Crippen LogP contribution in [0.2, 0.25) is 0 Å². The number of ketones is 1. The van der Waals surface area contributed by atoms with E-state index in [-0.39, 0.29) is 46.5 Å². The first-order valence-electron chi connectivity index (χ1n) is 8.59. The molecule has 28 heavy (non-hydrogen) atoms. The molecule has 0 aliphatic rings. The van der Waals surface area contributed by atoms with E-state index in [4.69, 9.17) is 9.15 Å². The number of hydrogen-bond donors (Lipinski definition) is 1. The predicted octanol–water partition coefficient (Wildman–Crippen LogP) is 2.44. The van der Waals surface area contributed by atoms with E-state index >= 15 is 0 Å². The summed E-state index contributed by atoms with van der Waals surface area (Å²) < 4.78 is 12.1. The second kappa shape index (κ2) is 8.55. The van der Waals surface area contributed by atoms with Crippen LogP contribution >= 0.6 is 11.8 Å². The summed E-state index contributed by atoms with van der Waals surface area (Å²) in [5, 5.41) is 14.5. The summed E-state index contributed by atoms with van der Waals surface area (Å²) in [4.78, 5) is 36.5. The Morgan fingerprint density at radius 2 is 1.93 bits per heavy atom. The zero-order valence-corrected chi connectivity index (χ0v) is 17.5. The highest BCUT2D eigenvalue weighted by molar-refractivity contribution is 7.99. The third-order valence-electron chi connectivity index (χ3n) is 3.58. The molecule has 1 amide bonds. The third kappa shape index (κ3) is 4.77. The zero-order chi connectivity index (χ0) is 21.1. The Kier molecular flexibility index (Phi) is 6.60. The molecule has 0 saturated heterocycles. The van der Waals surface area contributed by atoms with E-state index in [2.05, 4.69) is 20.8 Å². The molecule has 11 heteroatoms. The Morgan fingerprint density at radius 3 is 2.50 bits per heavy atom. The molecule has 0 aromatic carbocycles. The first kappa shape index (κ1) is 21.6. The minimum absolute atomic E-state index is 0.0200. The molecule has 0 aliphatic carbocycles. The number of aryl methyl sites for hydroxylation is 1. The summed E-state index contributed by atoms with van der Waals surface area (Å²) in [6, 6.07) is 0. The van der Waals surface area contributed by atoms with Gasteiger partial charge in [-0.15, -0.1) is 5.10 Å². The molecule has 0 fully saturated rings. The van der Waals surface area contributed by atoms with E-state index in [9.17, 15) is 14.4 Å². The topological polar surface area (TPSA) is 129 Å². The van der Waals surface area contributed by atoms with Crippen LogP contribution in [0.25, 0.3) is 0 Å². The number of rotatable bonds is 7. The smallest absolute Gasteiger partial charge is 0.344 e. The van der Waals surface area contributed by atoms with Crippen molar-refractivity contribution in [1.29, 1.82) is 0 Å². The number of anilines is 1. The second-order valence-electron chi connectivity index (χ2n) is 6.89. The lowest BCUT2D eigenvalue weighted by molar-refractivity contribution is -0.113. The summed E-state index contributed by atoms with van der Waals surface area (Å²) in [5.41, 5.74) is -0.323. The summed E-state index contributed by atoms with van der Waals surface area (Å²) in [6.07, 6.45) is 0. The number of nitrogens with one attached hydrogen (secondary N) is 1. The molecule has 0 radical (unpaired) electrons. The minimum Gasteiger partial charge on any atom is -0.462 e. The van der Waals surface area contributed by atoms with Crippen molar-refractivity contribution in [2.24, 2.45) is 0 Å². The Hall–Kier alpha value is -2.69. The molecule has 1 N–H and O–H groups in total. The lowest BCUT2D eigenvalue weighted by Crippen LogP contribution is -2.25. The summed E-state index contributed by atoms with van der Waals surface area (Å²) in [6.45, 7) is 10.4. The van der Waals surface area contributed by atoms with Crippen LogP contribution in [0, 0.1) is 6.92 Å². The SMILES string of the molecule is CCOC(=O)c1c(NC(=O)CSc2nnnn2C(C)(C)C)oc(C)c1C(C)=O. The Morgan fingerprint density at radius 1 is 1.25 bits per heavy atom. The van der Waals surface area contributed by atoms with E-state index < -0.39 is 11.9 Å². The van der Waals surface area contributed by atoms with Gasteiger partial charge in [-0.2, -0.15) is 0 Å². The quantitative estimate of drug-likeness (QED) is 0.416. The maximum absolute atomic E-state index is 12.4. The number of furan rings is 1. The second-order valence-corrected chi connectivity index (χ2v) is 7.84. The van der Waals surface area contributed by atoms with E-state index in [0.29, 0.717) is 5.16 Å². The van der Waals surface area contributed by atoms with Crippen LogP contribution < -0.4 is 5.32 Å². The van der Waals surface area contributed by atoms with Gasteiger partial charge in [0.1, 0.15) is 11.3 Å². The zero-order valence-electron chi connectivity index (χ0n) is 16.7. The number of hydrogen-bond acceptors (Lipinski definition) is 9. The van der Waals surface area contributed by atoms with Crippen LogP contribution in [0.3, 0.4) is 0 Å². The van der Waals surface area contributed by atoms with Gasteiger partial charge in [0.2, 0.25) is 16.9 Å². The number of nitrogens with zero attached hydrogens (tertiary/aromatic N) is 4. The molecular formula is C17H23N5O5S. The van der Waals surface area contributed by atoms with Gasteiger partial charge in [0, 0.05) is 0 Å². The van der Waals surface area contributed by atoms with Gasteiger partial charge in [-0.3, -0.25) is 14.9 Å². The number of esters is 1. The molecule has 2 aromatic heterocycles. The van der Waals surface area contributed by atoms with Gasteiger partial charge in [0.15, 0.2) is 5.78 Å². The van der Waals surface area contributed by atoms with Gasteiger partial charge in [-0.05, 0) is 52.0 Å². The van der Waals surface area contributed by atoms with Crippen LogP contribution in [-0.2, 0) is 15.1 Å². The summed E-state index contributed by atoms with van der Waals surface area (Å²) in [5.74, 6) is -1.43. The molecule has 152 valence electrons. The molecular weight excluding hydrogens is 386 g/mol. The average Bonchev–Trinajstić information content (AvgIpc) is 3.17. The fraction of sp³-hybridized carbons (Fsp3) is 0.529. The molecule has 0 spiro atoms. The van der Waals surface area contributed by atoms with Crippen molar-refractivity contribution in [1.82, 2.24) is 20.2 Å². The molecule has 2 rings (SSSR count). The number of carbonyl (C=O) groups is 3. The van der Waals surface area contributed by atoms with Crippen molar-refractivity contribution in [2.75, 3.05) is 17.7 Å². The molecule has 0 atom stereocenters. The van der Waals surface area contributed by atoms with Gasteiger partial charge in [-0.25, -0.2) is 9.48 Å². The number of thioether (sulfide) groups is 1. The molecule has 2 aromatic rings. The largest absolute Gasteiger partial charge is 0.462 e. The summed E-state index contributed by atoms with van der Waals surface area (Å²) >= 11 is 1.14. The predicted molar refractivity (Wildman–Crippen MR) is 102 cm³/mol. The van der Waals surface area contributed by atoms with Crippen LogP contribution in [0.5, 0.6) is 0 Å². The molecule has 0 saturated carbocycles. The average molecular weight is 409 g/mol. The fourth-order valence-corrected chi connectivity index (χ4v) is 3.30. The van der Waals surface area contributed by atoms with E-state index in [1.807, 2.05) is 20.8 Å². The Bertz CT molecular complexity index is 896. The fourth-order valence-electron chi connectivity index (χ4n) is 2.44. The van der Waals surface area contributed by atoms with Crippen molar-refractivity contribution in [2.45, 2.75) is 52.2 Å². The standard InChI is InChI=1S/C17H23N5O5S/c1-7-26-15(25)13-12(9(2)23)10(3)27-14(13)18-11(24)8-28-16-19-20-21-22(16)17(4,5)6/h7-8H2,1-6H3,(H,18,24). The summed E-state index contributed by atoms with van der Waals surface area (Å²) in [7, 11) is 0. The van der Waals surface area contributed by atoms with Crippen LogP contribution in [0.4, 0.5) is 5.88 Å². The molecule has 0 bridgehead atoms. The van der Waals surface area contributed by atoms with Gasteiger partial charge >= 0.3 is 5.97 Å². The Balaban J connectivity index is 2.18. The molecule has 0 unspecified atom stereocenters. The maximum Gasteiger partial charge on any atom is 0.344 e. The molecule has 0 aliphatic heterocycles. The number of aromatic nitrogens is 4. The first-order chi connectivity index (χ1) is 13.1. The number of Topliss-reactive ketones (excluding diaryl/α,β-unsaturated/α-hetero) is 1. The number of ether oxygens (including phenoxy) is 1. The van der Waals surface area contributed by atoms with Crippen LogP contribution in [-0.4, -0.2) is 50.2 Å². The lowest BCUT2D eigenvalue weighted by atomic mass is 10.1. The van der Waals surface area contributed by atoms with Gasteiger partial charge < -0.3 is 9.15 Å². The lowest BCUT2D eigenvalue weighted by Gasteiger charge is -2.19. The molecule has 2 heterocycles. The van der Waals surface area contributed by atoms with Crippen molar-refractivity contribution in [3.05, 3.63) is 16.9 Å². The van der Waals surface area contributed by atoms with Crippen molar-refractivity contribution in [3.63, 3.8) is 0 Å².